The molecule has 0 unspecified atom stereocenters. The minimum Gasteiger partial charge on any atom is -0.475 e. The fraction of sp³-hybridized carbons (Fsp3) is 0. The van der Waals surface area contributed by atoms with E-state index in [9.17, 15) is 9.18 Å². The largest absolute Gasteiger partial charge is 0.475 e. The molecule has 6 heteroatoms. The Morgan fingerprint density at radius 2 is 2.12 bits per heavy atom. The third-order valence-corrected chi connectivity index (χ3v) is 2.65. The lowest BCUT2D eigenvalue weighted by Crippen LogP contribution is -1.93. The van der Waals surface area contributed by atoms with Gasteiger partial charge in [-0.2, -0.15) is 0 Å². The Labute approximate surface area is 104 Å². The molecule has 2 N–H and O–H groups in total. The van der Waals surface area contributed by atoms with Crippen molar-refractivity contribution in [3.63, 3.8) is 0 Å². The van der Waals surface area contributed by atoms with E-state index in [-0.39, 0.29) is 11.6 Å². The molecule has 0 fully saturated rings. The molecule has 2 rings (SSSR count). The number of hydrogen-bond acceptors (Lipinski definition) is 3. The molecule has 0 radical (unpaired) electrons. The number of hydrogen-bond donors (Lipinski definition) is 2. The van der Waals surface area contributed by atoms with E-state index >= 15 is 0 Å². The third kappa shape index (κ3) is 2.65. The number of aromatic carboxylic acids is 1. The van der Waals surface area contributed by atoms with Crippen molar-refractivity contribution in [2.75, 3.05) is 5.32 Å². The smallest absolute Gasteiger partial charge is 0.371 e. The van der Waals surface area contributed by atoms with Gasteiger partial charge in [0.05, 0.1) is 4.47 Å². The fourth-order valence-electron chi connectivity index (χ4n) is 1.24. The number of carboxylic acids is 1. The molecule has 0 bridgehead atoms. The van der Waals surface area contributed by atoms with E-state index in [0.717, 1.165) is 0 Å². The predicted octanol–water partition coefficient (Wildman–Crippen LogP) is 3.62. The van der Waals surface area contributed by atoms with Gasteiger partial charge in [-0.05, 0) is 40.2 Å². The summed E-state index contributed by atoms with van der Waals surface area (Å²) < 4.78 is 18.5. The average Bonchev–Trinajstić information content (AvgIpc) is 2.72. The van der Waals surface area contributed by atoms with Gasteiger partial charge < -0.3 is 14.8 Å². The van der Waals surface area contributed by atoms with Crippen LogP contribution < -0.4 is 5.32 Å². The molecule has 0 amide bonds. The van der Waals surface area contributed by atoms with Gasteiger partial charge in [-0.25, -0.2) is 9.18 Å². The number of nitrogens with one attached hydrogen (secondary N) is 1. The number of halogens is 2. The maximum Gasteiger partial charge on any atom is 0.371 e. The molecule has 0 aliphatic carbocycles. The molecule has 17 heavy (non-hydrogen) atoms. The van der Waals surface area contributed by atoms with Crippen LogP contribution in [0.4, 0.5) is 16.0 Å². The van der Waals surface area contributed by atoms with E-state index in [0.29, 0.717) is 10.2 Å². The van der Waals surface area contributed by atoms with Crippen LogP contribution in [0.5, 0.6) is 0 Å². The number of anilines is 2. The van der Waals surface area contributed by atoms with Gasteiger partial charge in [0.2, 0.25) is 5.76 Å². The summed E-state index contributed by atoms with van der Waals surface area (Å²) in [4.78, 5) is 10.6. The van der Waals surface area contributed by atoms with E-state index in [1.165, 1.54) is 18.2 Å². The zero-order chi connectivity index (χ0) is 12.4. The van der Waals surface area contributed by atoms with Gasteiger partial charge in [0.1, 0.15) is 5.82 Å². The van der Waals surface area contributed by atoms with E-state index in [1.807, 2.05) is 0 Å². The number of carbonyl (C=O) groups is 1. The topological polar surface area (TPSA) is 62.5 Å². The minimum atomic E-state index is -1.15. The van der Waals surface area contributed by atoms with Crippen LogP contribution in [0.2, 0.25) is 0 Å². The van der Waals surface area contributed by atoms with E-state index < -0.39 is 11.8 Å². The number of furan rings is 1. The van der Waals surface area contributed by atoms with Crippen molar-refractivity contribution >= 4 is 33.5 Å². The van der Waals surface area contributed by atoms with Crippen LogP contribution in [0.15, 0.2) is 39.2 Å². The van der Waals surface area contributed by atoms with Crippen molar-refractivity contribution in [3.8, 4) is 0 Å². The normalized spacial score (nSPS) is 10.2. The van der Waals surface area contributed by atoms with Crippen molar-refractivity contribution in [2.45, 2.75) is 0 Å². The van der Waals surface area contributed by atoms with Gasteiger partial charge in [0.15, 0.2) is 5.88 Å². The maximum absolute atomic E-state index is 13.2. The number of carboxylic acid groups (broad SMARTS) is 1. The van der Waals surface area contributed by atoms with E-state index in [4.69, 9.17) is 9.52 Å². The van der Waals surface area contributed by atoms with Gasteiger partial charge >= 0.3 is 5.97 Å². The summed E-state index contributed by atoms with van der Waals surface area (Å²) >= 11 is 3.03. The molecule has 0 saturated heterocycles. The molecule has 0 aliphatic rings. The quantitative estimate of drug-likeness (QED) is 0.908. The van der Waals surface area contributed by atoms with Crippen LogP contribution in [-0.4, -0.2) is 11.1 Å². The molecule has 2 aromatic rings. The van der Waals surface area contributed by atoms with Gasteiger partial charge in [-0.1, -0.05) is 0 Å². The molecule has 0 atom stereocenters. The summed E-state index contributed by atoms with van der Waals surface area (Å²) in [5, 5.41) is 11.4. The van der Waals surface area contributed by atoms with Gasteiger partial charge in [0, 0.05) is 11.8 Å². The van der Waals surface area contributed by atoms with Gasteiger partial charge in [-0.3, -0.25) is 0 Å². The molecule has 0 aliphatic heterocycles. The first-order valence-corrected chi connectivity index (χ1v) is 5.41. The van der Waals surface area contributed by atoms with Crippen molar-refractivity contribution in [1.82, 2.24) is 0 Å². The SMILES string of the molecule is O=C(O)c1ccc(Nc2ccc(Br)c(F)c2)o1. The fourth-order valence-corrected chi connectivity index (χ4v) is 1.48. The Morgan fingerprint density at radius 3 is 2.71 bits per heavy atom. The lowest BCUT2D eigenvalue weighted by molar-refractivity contribution is 0.0663. The highest BCUT2D eigenvalue weighted by molar-refractivity contribution is 9.10. The minimum absolute atomic E-state index is 0.176. The monoisotopic (exact) mass is 299 g/mol. The Morgan fingerprint density at radius 1 is 1.35 bits per heavy atom. The average molecular weight is 300 g/mol. The second kappa shape index (κ2) is 4.58. The van der Waals surface area contributed by atoms with Crippen LogP contribution in [0, 0.1) is 5.82 Å². The molecular weight excluding hydrogens is 293 g/mol. The molecule has 0 spiro atoms. The Balaban J connectivity index is 2.19. The van der Waals surface area contributed by atoms with E-state index in [2.05, 4.69) is 21.2 Å². The first kappa shape index (κ1) is 11.7. The van der Waals surface area contributed by atoms with Gasteiger partial charge in [0.25, 0.3) is 0 Å². The standard InChI is InChI=1S/C11H7BrFNO3/c12-7-2-1-6(5-8(7)13)14-10-4-3-9(17-10)11(15)16/h1-5,14H,(H,15,16). The van der Waals surface area contributed by atoms with Crippen molar-refractivity contribution < 1.29 is 18.7 Å². The van der Waals surface area contributed by atoms with Crippen molar-refractivity contribution in [1.29, 1.82) is 0 Å². The van der Waals surface area contributed by atoms with E-state index in [1.54, 1.807) is 12.1 Å². The highest BCUT2D eigenvalue weighted by Gasteiger charge is 2.09. The molecule has 1 heterocycles. The summed E-state index contributed by atoms with van der Waals surface area (Å²) in [6, 6.07) is 7.23. The molecule has 88 valence electrons. The maximum atomic E-state index is 13.2. The zero-order valence-corrected chi connectivity index (χ0v) is 9.99. The third-order valence-electron chi connectivity index (χ3n) is 2.00. The number of rotatable bonds is 3. The molecule has 0 saturated carbocycles. The van der Waals surface area contributed by atoms with Gasteiger partial charge in [-0.15, -0.1) is 0 Å². The molecule has 4 nitrogen and oxygen atoms in total. The van der Waals surface area contributed by atoms with Crippen LogP contribution in [0.25, 0.3) is 0 Å². The second-order valence-electron chi connectivity index (χ2n) is 3.22. The Hall–Kier alpha value is -1.82. The highest BCUT2D eigenvalue weighted by Crippen LogP contribution is 2.23. The first-order chi connectivity index (χ1) is 8.06. The summed E-state index contributed by atoms with van der Waals surface area (Å²) in [7, 11) is 0. The summed E-state index contributed by atoms with van der Waals surface area (Å²) in [6.45, 7) is 0. The predicted molar refractivity (Wildman–Crippen MR) is 63.1 cm³/mol. The highest BCUT2D eigenvalue weighted by atomic mass is 79.9. The summed E-state index contributed by atoms with van der Waals surface area (Å²) in [6.07, 6.45) is 0. The van der Waals surface area contributed by atoms with Crippen LogP contribution in [0.1, 0.15) is 10.6 Å². The molecule has 1 aromatic heterocycles. The molecule has 1 aromatic carbocycles. The lowest BCUT2D eigenvalue weighted by atomic mass is 10.3. The number of benzene rings is 1. The van der Waals surface area contributed by atoms with Crippen molar-refractivity contribution in [3.05, 3.63) is 46.4 Å². The lowest BCUT2D eigenvalue weighted by Gasteiger charge is -2.03. The summed E-state index contributed by atoms with van der Waals surface area (Å²) in [5.41, 5.74) is 0.469. The Kier molecular flexibility index (Phi) is 3.14. The van der Waals surface area contributed by atoms with Crippen molar-refractivity contribution in [2.24, 2.45) is 0 Å². The Bertz CT molecular complexity index is 568. The second-order valence-corrected chi connectivity index (χ2v) is 4.08. The van der Waals surface area contributed by atoms with Crippen LogP contribution in [0.3, 0.4) is 0 Å². The first-order valence-electron chi connectivity index (χ1n) is 4.61. The zero-order valence-electron chi connectivity index (χ0n) is 8.41. The van der Waals surface area contributed by atoms with Crippen LogP contribution >= 0.6 is 15.9 Å². The molecular formula is C11H7BrFNO3. The van der Waals surface area contributed by atoms with Crippen LogP contribution in [-0.2, 0) is 0 Å². The summed E-state index contributed by atoms with van der Waals surface area (Å²) in [5.74, 6) is -1.51.